The number of carbonyl (C=O) groups is 1. The molecule has 0 aliphatic heterocycles. The summed E-state index contributed by atoms with van der Waals surface area (Å²) >= 11 is 6.47. The van der Waals surface area contributed by atoms with E-state index in [1.54, 1.807) is 0 Å². The van der Waals surface area contributed by atoms with Gasteiger partial charge < -0.3 is 9.72 Å². The molecular weight excluding hydrogens is 254 g/mol. The fourth-order valence-electron chi connectivity index (χ4n) is 1.50. The zero-order valence-corrected chi connectivity index (χ0v) is 12.0. The molecule has 0 saturated heterocycles. The maximum atomic E-state index is 11.5. The molecule has 1 aromatic rings. The van der Waals surface area contributed by atoms with Crippen LogP contribution in [0.5, 0.6) is 0 Å². The first kappa shape index (κ1) is 14.4. The number of H-pyrrole nitrogens is 1. The van der Waals surface area contributed by atoms with E-state index in [4.69, 9.17) is 17.0 Å². The second-order valence-electron chi connectivity index (χ2n) is 4.02. The van der Waals surface area contributed by atoms with E-state index in [0.717, 1.165) is 23.4 Å². The molecule has 0 saturated carbocycles. The number of carbonyl (C=O) groups excluding carboxylic acids is 1. The van der Waals surface area contributed by atoms with Crippen LogP contribution in [-0.2, 0) is 16.0 Å². The van der Waals surface area contributed by atoms with Gasteiger partial charge in [0.25, 0.3) is 0 Å². The average molecular weight is 273 g/mol. The number of aromatic amines is 1. The Morgan fingerprint density at radius 3 is 2.76 bits per heavy atom. The summed E-state index contributed by atoms with van der Waals surface area (Å²) in [5.74, 6) is -0.158. The molecule has 0 bridgehead atoms. The lowest BCUT2D eigenvalue weighted by Crippen LogP contribution is -2.08. The van der Waals surface area contributed by atoms with Crippen LogP contribution in [0.3, 0.4) is 0 Å². The van der Waals surface area contributed by atoms with Crippen molar-refractivity contribution >= 4 is 29.5 Å². The number of aryl methyl sites for hydroxylation is 1. The van der Waals surface area contributed by atoms with Gasteiger partial charge in [-0.15, -0.1) is 11.3 Å². The van der Waals surface area contributed by atoms with Gasteiger partial charge in [-0.05, 0) is 25.6 Å². The molecular formula is C12H19NO2S2. The van der Waals surface area contributed by atoms with E-state index < -0.39 is 0 Å². The number of thiazole rings is 1. The van der Waals surface area contributed by atoms with Crippen LogP contribution in [0.15, 0.2) is 0 Å². The zero-order chi connectivity index (χ0) is 12.7. The monoisotopic (exact) mass is 273 g/mol. The highest BCUT2D eigenvalue weighted by Crippen LogP contribution is 2.15. The number of hydrogen-bond acceptors (Lipinski definition) is 4. The Labute approximate surface area is 111 Å². The fourth-order valence-corrected chi connectivity index (χ4v) is 2.78. The summed E-state index contributed by atoms with van der Waals surface area (Å²) in [7, 11) is 0. The van der Waals surface area contributed by atoms with Crippen molar-refractivity contribution in [1.29, 1.82) is 0 Å². The number of aromatic nitrogens is 1. The van der Waals surface area contributed by atoms with Gasteiger partial charge in [0.1, 0.15) is 0 Å². The highest BCUT2D eigenvalue weighted by atomic mass is 32.1. The lowest BCUT2D eigenvalue weighted by atomic mass is 10.2. The molecule has 3 nitrogen and oxygen atoms in total. The number of hydrogen-bond donors (Lipinski definition) is 1. The molecule has 96 valence electrons. The van der Waals surface area contributed by atoms with Crippen LogP contribution in [0.4, 0.5) is 0 Å². The summed E-state index contributed by atoms with van der Waals surface area (Å²) in [6.45, 7) is 4.62. The summed E-state index contributed by atoms with van der Waals surface area (Å²) in [5.41, 5.74) is 0.975. The van der Waals surface area contributed by atoms with Crippen LogP contribution in [0.1, 0.15) is 43.2 Å². The standard InChI is InChI=1S/C12H19NO2S2/c1-3-4-5-6-7-15-11(14)8-10-9(2)13-12(16)17-10/h3-8H2,1-2H3,(H,13,16). The predicted molar refractivity (Wildman–Crippen MR) is 73.0 cm³/mol. The Hall–Kier alpha value is -0.680. The van der Waals surface area contributed by atoms with Gasteiger partial charge in [0.05, 0.1) is 13.0 Å². The molecule has 0 aliphatic rings. The minimum absolute atomic E-state index is 0.158. The Morgan fingerprint density at radius 2 is 2.18 bits per heavy atom. The smallest absolute Gasteiger partial charge is 0.311 e. The molecule has 5 heteroatoms. The molecule has 0 fully saturated rings. The van der Waals surface area contributed by atoms with Crippen LogP contribution in [0.2, 0.25) is 0 Å². The third-order valence-corrected chi connectivity index (χ3v) is 3.83. The Kier molecular flexibility index (Phi) is 6.44. The summed E-state index contributed by atoms with van der Waals surface area (Å²) in [6, 6.07) is 0. The Balaban J connectivity index is 2.25. The second-order valence-corrected chi connectivity index (χ2v) is 5.79. The Bertz CT molecular complexity index is 409. The maximum Gasteiger partial charge on any atom is 0.311 e. The van der Waals surface area contributed by atoms with Gasteiger partial charge >= 0.3 is 5.97 Å². The quantitative estimate of drug-likeness (QED) is 0.467. The minimum atomic E-state index is -0.158. The first-order valence-corrected chi connectivity index (χ1v) is 7.20. The summed E-state index contributed by atoms with van der Waals surface area (Å²) in [4.78, 5) is 15.5. The molecule has 17 heavy (non-hydrogen) atoms. The fraction of sp³-hybridized carbons (Fsp3) is 0.667. The second kappa shape index (κ2) is 7.61. The predicted octanol–water partition coefficient (Wildman–Crippen LogP) is 3.78. The van der Waals surface area contributed by atoms with Crippen molar-refractivity contribution in [1.82, 2.24) is 4.98 Å². The van der Waals surface area contributed by atoms with E-state index in [-0.39, 0.29) is 5.97 Å². The lowest BCUT2D eigenvalue weighted by Gasteiger charge is -2.03. The summed E-state index contributed by atoms with van der Waals surface area (Å²) in [5, 5.41) is 0. The SMILES string of the molecule is CCCCCCOC(=O)Cc1sc(=S)[nH]c1C. The van der Waals surface area contributed by atoms with Gasteiger partial charge in [0.2, 0.25) is 0 Å². The molecule has 0 spiro atoms. The zero-order valence-electron chi connectivity index (χ0n) is 10.4. The molecule has 0 aromatic carbocycles. The third kappa shape index (κ3) is 5.46. The van der Waals surface area contributed by atoms with Crippen molar-refractivity contribution < 1.29 is 9.53 Å². The van der Waals surface area contributed by atoms with E-state index >= 15 is 0 Å². The highest BCUT2D eigenvalue weighted by Gasteiger charge is 2.09. The topological polar surface area (TPSA) is 42.1 Å². The molecule has 1 aromatic heterocycles. The van der Waals surface area contributed by atoms with Crippen molar-refractivity contribution in [2.75, 3.05) is 6.61 Å². The van der Waals surface area contributed by atoms with Gasteiger partial charge in [-0.25, -0.2) is 0 Å². The van der Waals surface area contributed by atoms with Gasteiger partial charge in [0, 0.05) is 10.6 Å². The number of nitrogens with one attached hydrogen (secondary N) is 1. The molecule has 0 radical (unpaired) electrons. The van der Waals surface area contributed by atoms with Crippen LogP contribution < -0.4 is 0 Å². The van der Waals surface area contributed by atoms with Gasteiger partial charge in [-0.1, -0.05) is 26.2 Å². The van der Waals surface area contributed by atoms with Gasteiger partial charge in [-0.2, -0.15) is 0 Å². The van der Waals surface area contributed by atoms with Gasteiger partial charge in [0.15, 0.2) is 3.95 Å². The molecule has 0 aliphatic carbocycles. The lowest BCUT2D eigenvalue weighted by molar-refractivity contribution is -0.142. The first-order chi connectivity index (χ1) is 8.13. The molecule has 0 unspecified atom stereocenters. The van der Waals surface area contributed by atoms with Crippen LogP contribution in [0.25, 0.3) is 0 Å². The molecule has 1 heterocycles. The summed E-state index contributed by atoms with van der Waals surface area (Å²) < 4.78 is 5.89. The summed E-state index contributed by atoms with van der Waals surface area (Å²) in [6.07, 6.45) is 4.82. The highest BCUT2D eigenvalue weighted by molar-refractivity contribution is 7.73. The molecule has 0 amide bonds. The third-order valence-electron chi connectivity index (χ3n) is 2.49. The largest absolute Gasteiger partial charge is 0.465 e. The van der Waals surface area contributed by atoms with E-state index in [9.17, 15) is 4.79 Å². The van der Waals surface area contributed by atoms with E-state index in [1.807, 2.05) is 6.92 Å². The van der Waals surface area contributed by atoms with Crippen LogP contribution >= 0.6 is 23.6 Å². The maximum absolute atomic E-state index is 11.5. The number of ether oxygens (including phenoxy) is 1. The van der Waals surface area contributed by atoms with E-state index in [1.165, 1.54) is 24.2 Å². The number of unbranched alkanes of at least 4 members (excludes halogenated alkanes) is 3. The van der Waals surface area contributed by atoms with E-state index in [0.29, 0.717) is 17.0 Å². The molecule has 1 N–H and O–H groups in total. The Morgan fingerprint density at radius 1 is 1.41 bits per heavy atom. The normalized spacial score (nSPS) is 10.5. The number of rotatable bonds is 7. The van der Waals surface area contributed by atoms with Crippen molar-refractivity contribution in [3.63, 3.8) is 0 Å². The van der Waals surface area contributed by atoms with E-state index in [2.05, 4.69) is 11.9 Å². The van der Waals surface area contributed by atoms with Crippen molar-refractivity contribution in [2.24, 2.45) is 0 Å². The molecule has 1 rings (SSSR count). The minimum Gasteiger partial charge on any atom is -0.465 e. The van der Waals surface area contributed by atoms with Crippen molar-refractivity contribution in [3.05, 3.63) is 14.5 Å². The molecule has 0 atom stereocenters. The first-order valence-electron chi connectivity index (χ1n) is 5.97. The van der Waals surface area contributed by atoms with Crippen LogP contribution in [-0.4, -0.2) is 17.6 Å². The van der Waals surface area contributed by atoms with Crippen molar-refractivity contribution in [3.8, 4) is 0 Å². The van der Waals surface area contributed by atoms with Crippen LogP contribution in [0, 0.1) is 10.9 Å². The number of esters is 1. The van der Waals surface area contributed by atoms with Crippen molar-refractivity contribution in [2.45, 2.75) is 46.0 Å². The van der Waals surface area contributed by atoms with Gasteiger partial charge in [-0.3, -0.25) is 4.79 Å². The average Bonchev–Trinajstić information content (AvgIpc) is 2.57.